The van der Waals surface area contributed by atoms with Gasteiger partial charge in [0.05, 0.1) is 13.7 Å². The Morgan fingerprint density at radius 2 is 2.05 bits per heavy atom. The predicted molar refractivity (Wildman–Crippen MR) is 81.7 cm³/mol. The second-order valence-electron chi connectivity index (χ2n) is 5.74. The largest absolute Gasteiger partial charge is 0.494 e. The van der Waals surface area contributed by atoms with E-state index in [1.165, 1.54) is 13.2 Å². The Kier molecular flexibility index (Phi) is 6.62. The zero-order valence-electron chi connectivity index (χ0n) is 13.4. The molecule has 21 heavy (non-hydrogen) atoms. The molecule has 0 aliphatic rings. The lowest BCUT2D eigenvalue weighted by atomic mass is 10.1. The van der Waals surface area contributed by atoms with Crippen molar-refractivity contribution < 1.29 is 13.9 Å². The first-order valence-electron chi connectivity index (χ1n) is 7.13. The van der Waals surface area contributed by atoms with Crippen LogP contribution in [0.5, 0.6) is 5.75 Å². The number of benzene rings is 1. The number of hydrogen-bond donors (Lipinski definition) is 1. The van der Waals surface area contributed by atoms with E-state index in [2.05, 4.69) is 19.2 Å². The summed E-state index contributed by atoms with van der Waals surface area (Å²) in [6.07, 6.45) is 0. The first-order valence-corrected chi connectivity index (χ1v) is 7.13. The van der Waals surface area contributed by atoms with Crippen molar-refractivity contribution in [1.29, 1.82) is 0 Å². The van der Waals surface area contributed by atoms with Gasteiger partial charge in [-0.3, -0.25) is 9.69 Å². The molecule has 0 heterocycles. The van der Waals surface area contributed by atoms with Crippen molar-refractivity contribution >= 4 is 5.91 Å². The molecular weight excluding hydrogens is 271 g/mol. The number of likely N-dealkylation sites (N-methyl/N-ethyl adjacent to an activating group) is 1. The van der Waals surface area contributed by atoms with Gasteiger partial charge in [-0.25, -0.2) is 4.39 Å². The molecule has 118 valence electrons. The second-order valence-corrected chi connectivity index (χ2v) is 5.74. The van der Waals surface area contributed by atoms with Crippen molar-refractivity contribution in [2.75, 3.05) is 20.7 Å². The van der Waals surface area contributed by atoms with Crippen LogP contribution in [0.1, 0.15) is 26.3 Å². The van der Waals surface area contributed by atoms with Gasteiger partial charge in [-0.05, 0) is 37.6 Å². The number of halogens is 1. The van der Waals surface area contributed by atoms with Gasteiger partial charge in [0.1, 0.15) is 0 Å². The molecule has 0 saturated carbocycles. The molecule has 0 saturated heterocycles. The summed E-state index contributed by atoms with van der Waals surface area (Å²) in [7, 11) is 3.27. The molecule has 1 atom stereocenters. The molecule has 1 aromatic rings. The molecule has 0 radical (unpaired) electrons. The van der Waals surface area contributed by atoms with Crippen molar-refractivity contribution in [3.8, 4) is 5.75 Å². The third-order valence-corrected chi connectivity index (χ3v) is 3.47. The van der Waals surface area contributed by atoms with Gasteiger partial charge in [-0.2, -0.15) is 0 Å². The number of ether oxygens (including phenoxy) is 1. The maximum atomic E-state index is 13.6. The number of nitrogens with zero attached hydrogens (tertiary/aromatic N) is 1. The highest BCUT2D eigenvalue weighted by Gasteiger charge is 2.13. The zero-order chi connectivity index (χ0) is 16.0. The van der Waals surface area contributed by atoms with Crippen molar-refractivity contribution in [3.05, 3.63) is 29.6 Å². The van der Waals surface area contributed by atoms with Gasteiger partial charge < -0.3 is 10.1 Å². The molecule has 1 N–H and O–H groups in total. The van der Waals surface area contributed by atoms with Crippen LogP contribution in [0.4, 0.5) is 4.39 Å². The fraction of sp³-hybridized carbons (Fsp3) is 0.562. The highest BCUT2D eigenvalue weighted by atomic mass is 19.1. The number of carbonyl (C=O) groups is 1. The highest BCUT2D eigenvalue weighted by Crippen LogP contribution is 2.18. The van der Waals surface area contributed by atoms with E-state index in [4.69, 9.17) is 4.74 Å². The van der Waals surface area contributed by atoms with Gasteiger partial charge in [0, 0.05) is 12.6 Å². The van der Waals surface area contributed by atoms with Crippen LogP contribution in [0.15, 0.2) is 18.2 Å². The summed E-state index contributed by atoms with van der Waals surface area (Å²) in [5, 5.41) is 2.95. The molecule has 0 aliphatic heterocycles. The van der Waals surface area contributed by atoms with E-state index in [0.717, 1.165) is 5.56 Å². The first-order chi connectivity index (χ1) is 9.83. The predicted octanol–water partition coefficient (Wildman–Crippen LogP) is 2.43. The molecule has 1 unspecified atom stereocenters. The molecule has 0 bridgehead atoms. The van der Waals surface area contributed by atoms with E-state index in [0.29, 0.717) is 12.5 Å². The van der Waals surface area contributed by atoms with Crippen LogP contribution >= 0.6 is 0 Å². The Balaban J connectivity index is 2.51. The summed E-state index contributed by atoms with van der Waals surface area (Å²) in [5.41, 5.74) is 0.806. The van der Waals surface area contributed by atoms with E-state index in [1.807, 2.05) is 18.9 Å². The third kappa shape index (κ3) is 5.71. The lowest BCUT2D eigenvalue weighted by Crippen LogP contribution is -2.41. The molecule has 1 rings (SSSR count). The summed E-state index contributed by atoms with van der Waals surface area (Å²) >= 11 is 0. The number of carbonyl (C=O) groups excluding carboxylic acids is 1. The van der Waals surface area contributed by atoms with Gasteiger partial charge in [-0.15, -0.1) is 0 Å². The van der Waals surface area contributed by atoms with Gasteiger partial charge in [0.25, 0.3) is 0 Å². The topological polar surface area (TPSA) is 41.6 Å². The van der Waals surface area contributed by atoms with Crippen LogP contribution in [0, 0.1) is 11.7 Å². The second kappa shape index (κ2) is 7.98. The normalized spacial score (nSPS) is 12.6. The fourth-order valence-electron chi connectivity index (χ4n) is 1.89. The smallest absolute Gasteiger partial charge is 0.234 e. The van der Waals surface area contributed by atoms with Crippen molar-refractivity contribution in [1.82, 2.24) is 10.2 Å². The van der Waals surface area contributed by atoms with E-state index in [-0.39, 0.29) is 30.1 Å². The lowest BCUT2D eigenvalue weighted by Gasteiger charge is -2.21. The Bertz CT molecular complexity index is 477. The minimum atomic E-state index is -0.388. The number of amides is 1. The van der Waals surface area contributed by atoms with Crippen LogP contribution in [0.3, 0.4) is 0 Å². The fourth-order valence-corrected chi connectivity index (χ4v) is 1.89. The summed E-state index contributed by atoms with van der Waals surface area (Å²) in [4.78, 5) is 13.7. The Morgan fingerprint density at radius 1 is 1.38 bits per heavy atom. The van der Waals surface area contributed by atoms with Crippen LogP contribution < -0.4 is 10.1 Å². The Hall–Kier alpha value is -1.62. The minimum absolute atomic E-state index is 0.0207. The molecule has 1 aromatic carbocycles. The van der Waals surface area contributed by atoms with E-state index < -0.39 is 0 Å². The number of nitrogens with one attached hydrogen (secondary N) is 1. The maximum Gasteiger partial charge on any atom is 0.234 e. The molecule has 1 amide bonds. The molecule has 0 aliphatic carbocycles. The standard InChI is InChI=1S/C16H25FN2O2/c1-11(2)12(3)18-16(20)10-19(4)9-13-6-7-15(21-5)14(17)8-13/h6-8,11-12H,9-10H2,1-5H3,(H,18,20). The summed E-state index contributed by atoms with van der Waals surface area (Å²) in [6, 6.07) is 4.97. The first kappa shape index (κ1) is 17.4. The molecule has 0 fully saturated rings. The number of hydrogen-bond acceptors (Lipinski definition) is 3. The van der Waals surface area contributed by atoms with Gasteiger partial charge >= 0.3 is 0 Å². The lowest BCUT2D eigenvalue weighted by molar-refractivity contribution is -0.122. The maximum absolute atomic E-state index is 13.6. The van der Waals surface area contributed by atoms with Crippen LogP contribution in [-0.2, 0) is 11.3 Å². The average Bonchev–Trinajstić information content (AvgIpc) is 2.38. The Morgan fingerprint density at radius 3 is 2.57 bits per heavy atom. The van der Waals surface area contributed by atoms with E-state index in [9.17, 15) is 9.18 Å². The average molecular weight is 296 g/mol. The van der Waals surface area contributed by atoms with Gasteiger partial charge in [0.2, 0.25) is 5.91 Å². The molecule has 0 spiro atoms. The van der Waals surface area contributed by atoms with Crippen molar-refractivity contribution in [3.63, 3.8) is 0 Å². The zero-order valence-corrected chi connectivity index (χ0v) is 13.4. The van der Waals surface area contributed by atoms with Gasteiger partial charge in [-0.1, -0.05) is 19.9 Å². The van der Waals surface area contributed by atoms with Crippen LogP contribution in [-0.4, -0.2) is 37.6 Å². The monoisotopic (exact) mass is 296 g/mol. The summed E-state index contributed by atoms with van der Waals surface area (Å²) in [5.74, 6) is 0.216. The summed E-state index contributed by atoms with van der Waals surface area (Å²) < 4.78 is 18.5. The molecule has 5 heteroatoms. The molecule has 4 nitrogen and oxygen atoms in total. The SMILES string of the molecule is COc1ccc(CN(C)CC(=O)NC(C)C(C)C)cc1F. The number of rotatable bonds is 7. The van der Waals surface area contributed by atoms with E-state index >= 15 is 0 Å². The van der Waals surface area contributed by atoms with Gasteiger partial charge in [0.15, 0.2) is 11.6 Å². The van der Waals surface area contributed by atoms with Crippen molar-refractivity contribution in [2.24, 2.45) is 5.92 Å². The minimum Gasteiger partial charge on any atom is -0.494 e. The molecule has 0 aromatic heterocycles. The summed E-state index contributed by atoms with van der Waals surface area (Å²) in [6.45, 7) is 6.90. The van der Waals surface area contributed by atoms with Crippen LogP contribution in [0.2, 0.25) is 0 Å². The van der Waals surface area contributed by atoms with Crippen LogP contribution in [0.25, 0.3) is 0 Å². The number of methoxy groups -OCH3 is 1. The quantitative estimate of drug-likeness (QED) is 0.840. The Labute approximate surface area is 126 Å². The third-order valence-electron chi connectivity index (χ3n) is 3.47. The van der Waals surface area contributed by atoms with Crippen molar-refractivity contribution in [2.45, 2.75) is 33.4 Å². The molecular formula is C16H25FN2O2. The highest BCUT2D eigenvalue weighted by molar-refractivity contribution is 5.78. The van der Waals surface area contributed by atoms with E-state index in [1.54, 1.807) is 12.1 Å².